The zero-order chi connectivity index (χ0) is 13.0. The van der Waals surface area contributed by atoms with Gasteiger partial charge in [0.15, 0.2) is 6.61 Å². The highest BCUT2D eigenvalue weighted by atomic mass is 16.5. The fraction of sp³-hybridized carbons (Fsp3) is 0.167. The molecule has 0 radical (unpaired) electrons. The van der Waals surface area contributed by atoms with Crippen LogP contribution in [0.4, 0.5) is 0 Å². The summed E-state index contributed by atoms with van der Waals surface area (Å²) in [6.45, 7) is -0.298. The molecule has 0 saturated heterocycles. The molecule has 1 amide bonds. The Morgan fingerprint density at radius 1 is 1.22 bits per heavy atom. The zero-order valence-electron chi connectivity index (χ0n) is 9.71. The molecule has 1 aromatic heterocycles. The van der Waals surface area contributed by atoms with Gasteiger partial charge in [-0.1, -0.05) is 0 Å². The van der Waals surface area contributed by atoms with Crippen molar-refractivity contribution in [3.63, 3.8) is 0 Å². The normalized spacial score (nSPS) is 10.1. The van der Waals surface area contributed by atoms with Crippen LogP contribution in [0.3, 0.4) is 0 Å². The first-order valence-corrected chi connectivity index (χ1v) is 5.29. The number of carbonyl (C=O) groups excluding carboxylic acids is 2. The van der Waals surface area contributed by atoms with E-state index in [2.05, 4.69) is 15.3 Å². The first-order chi connectivity index (χ1) is 8.70. The molecule has 0 bridgehead atoms. The van der Waals surface area contributed by atoms with Gasteiger partial charge < -0.3 is 10.1 Å². The topological polar surface area (TPSA) is 81.2 Å². The molecule has 2 rings (SSSR count). The van der Waals surface area contributed by atoms with Crippen molar-refractivity contribution in [2.75, 3.05) is 13.7 Å². The van der Waals surface area contributed by atoms with Gasteiger partial charge in [0.2, 0.25) is 0 Å². The minimum atomic E-state index is -0.564. The Kier molecular flexibility index (Phi) is 3.47. The van der Waals surface area contributed by atoms with Crippen molar-refractivity contribution < 1.29 is 14.3 Å². The number of hydrogen-bond acceptors (Lipinski definition) is 5. The van der Waals surface area contributed by atoms with Crippen LogP contribution in [0.5, 0.6) is 0 Å². The van der Waals surface area contributed by atoms with E-state index in [4.69, 9.17) is 4.74 Å². The molecule has 0 saturated carbocycles. The molecule has 0 aliphatic rings. The van der Waals surface area contributed by atoms with Gasteiger partial charge >= 0.3 is 5.97 Å². The summed E-state index contributed by atoms with van der Waals surface area (Å²) >= 11 is 0. The van der Waals surface area contributed by atoms with Crippen molar-refractivity contribution in [3.8, 4) is 0 Å². The van der Waals surface area contributed by atoms with Crippen molar-refractivity contribution in [1.29, 1.82) is 0 Å². The average molecular weight is 245 g/mol. The van der Waals surface area contributed by atoms with Crippen molar-refractivity contribution in [3.05, 3.63) is 36.2 Å². The first-order valence-electron chi connectivity index (χ1n) is 5.29. The van der Waals surface area contributed by atoms with E-state index in [0.717, 1.165) is 0 Å². The number of nitrogens with one attached hydrogen (secondary N) is 1. The third-order valence-corrected chi connectivity index (χ3v) is 2.32. The van der Waals surface area contributed by atoms with Crippen LogP contribution in [0.1, 0.15) is 10.4 Å². The molecule has 1 aromatic carbocycles. The monoisotopic (exact) mass is 245 g/mol. The summed E-state index contributed by atoms with van der Waals surface area (Å²) in [6, 6.07) is 4.84. The first kappa shape index (κ1) is 12.0. The highest BCUT2D eigenvalue weighted by Crippen LogP contribution is 2.11. The summed E-state index contributed by atoms with van der Waals surface area (Å²) in [7, 11) is 1.47. The van der Waals surface area contributed by atoms with E-state index < -0.39 is 5.97 Å². The van der Waals surface area contributed by atoms with E-state index in [9.17, 15) is 9.59 Å². The van der Waals surface area contributed by atoms with Gasteiger partial charge in [0.25, 0.3) is 5.91 Å². The minimum absolute atomic E-state index is 0.298. The number of nitrogens with zero attached hydrogens (tertiary/aromatic N) is 2. The van der Waals surface area contributed by atoms with Crippen LogP contribution in [0.25, 0.3) is 11.0 Å². The molecule has 0 atom stereocenters. The SMILES string of the molecule is CNC(=O)COC(=O)c1ccc2nccnc2c1. The summed E-state index contributed by atoms with van der Waals surface area (Å²) in [5.41, 5.74) is 1.64. The van der Waals surface area contributed by atoms with Gasteiger partial charge in [-0.05, 0) is 18.2 Å². The van der Waals surface area contributed by atoms with E-state index in [0.29, 0.717) is 16.6 Å². The molecular weight excluding hydrogens is 234 g/mol. The third kappa shape index (κ3) is 2.60. The number of amides is 1. The maximum absolute atomic E-state index is 11.7. The largest absolute Gasteiger partial charge is 0.452 e. The van der Waals surface area contributed by atoms with Gasteiger partial charge in [-0.2, -0.15) is 0 Å². The summed E-state index contributed by atoms with van der Waals surface area (Å²) in [4.78, 5) is 30.8. The highest BCUT2D eigenvalue weighted by Gasteiger charge is 2.10. The lowest BCUT2D eigenvalue weighted by atomic mass is 10.2. The van der Waals surface area contributed by atoms with E-state index in [1.54, 1.807) is 30.6 Å². The van der Waals surface area contributed by atoms with Gasteiger partial charge in [0.05, 0.1) is 16.6 Å². The molecule has 1 N–H and O–H groups in total. The number of carbonyl (C=O) groups is 2. The van der Waals surface area contributed by atoms with Crippen LogP contribution in [-0.2, 0) is 9.53 Å². The van der Waals surface area contributed by atoms with Crippen molar-refractivity contribution in [2.45, 2.75) is 0 Å². The van der Waals surface area contributed by atoms with Gasteiger partial charge in [-0.25, -0.2) is 4.79 Å². The number of fused-ring (bicyclic) bond motifs is 1. The van der Waals surface area contributed by atoms with Gasteiger partial charge in [-0.15, -0.1) is 0 Å². The van der Waals surface area contributed by atoms with Crippen LogP contribution in [-0.4, -0.2) is 35.5 Å². The Balaban J connectivity index is 2.15. The second-order valence-electron chi connectivity index (χ2n) is 3.51. The Bertz CT molecular complexity index is 598. The van der Waals surface area contributed by atoms with Crippen molar-refractivity contribution >= 4 is 22.9 Å². The van der Waals surface area contributed by atoms with E-state index in [1.807, 2.05) is 0 Å². The van der Waals surface area contributed by atoms with Crippen LogP contribution in [0.15, 0.2) is 30.6 Å². The maximum Gasteiger partial charge on any atom is 0.338 e. The number of rotatable bonds is 3. The molecule has 0 fully saturated rings. The van der Waals surface area contributed by atoms with Crippen LogP contribution in [0, 0.1) is 0 Å². The van der Waals surface area contributed by atoms with E-state index in [1.165, 1.54) is 7.05 Å². The molecule has 0 unspecified atom stereocenters. The molecule has 0 aliphatic carbocycles. The average Bonchev–Trinajstić information content (AvgIpc) is 2.43. The molecule has 6 nitrogen and oxygen atoms in total. The number of hydrogen-bond donors (Lipinski definition) is 1. The molecule has 1 heterocycles. The van der Waals surface area contributed by atoms with Gasteiger partial charge in [0, 0.05) is 19.4 Å². The number of likely N-dealkylation sites (N-methyl/N-ethyl adjacent to an activating group) is 1. The summed E-state index contributed by atoms with van der Waals surface area (Å²) in [5, 5.41) is 2.36. The Hall–Kier alpha value is -2.50. The second kappa shape index (κ2) is 5.22. The summed E-state index contributed by atoms with van der Waals surface area (Å²) < 4.78 is 4.83. The molecule has 6 heteroatoms. The molecular formula is C12H11N3O3. The Morgan fingerprint density at radius 3 is 2.67 bits per heavy atom. The minimum Gasteiger partial charge on any atom is -0.452 e. The molecule has 0 aliphatic heterocycles. The van der Waals surface area contributed by atoms with Crippen LogP contribution < -0.4 is 5.32 Å². The lowest BCUT2D eigenvalue weighted by Crippen LogP contribution is -2.25. The lowest BCUT2D eigenvalue weighted by Gasteiger charge is -2.04. The number of ether oxygens (including phenoxy) is 1. The quantitative estimate of drug-likeness (QED) is 0.798. The van der Waals surface area contributed by atoms with Crippen molar-refractivity contribution in [2.24, 2.45) is 0 Å². The fourth-order valence-corrected chi connectivity index (χ4v) is 1.38. The van der Waals surface area contributed by atoms with Gasteiger partial charge in [-0.3, -0.25) is 14.8 Å². The number of benzene rings is 1. The predicted octanol–water partition coefficient (Wildman–Crippen LogP) is 0.533. The summed E-state index contributed by atoms with van der Waals surface area (Å²) in [5.74, 6) is -0.921. The lowest BCUT2D eigenvalue weighted by molar-refractivity contribution is -0.123. The maximum atomic E-state index is 11.7. The molecule has 0 spiro atoms. The predicted molar refractivity (Wildman–Crippen MR) is 63.9 cm³/mol. The van der Waals surface area contributed by atoms with E-state index in [-0.39, 0.29) is 12.5 Å². The third-order valence-electron chi connectivity index (χ3n) is 2.32. The number of aromatic nitrogens is 2. The smallest absolute Gasteiger partial charge is 0.338 e. The van der Waals surface area contributed by atoms with Gasteiger partial charge in [0.1, 0.15) is 0 Å². The standard InChI is InChI=1S/C12H11N3O3/c1-13-11(16)7-18-12(17)8-2-3-9-10(6-8)15-5-4-14-9/h2-6H,7H2,1H3,(H,13,16). The van der Waals surface area contributed by atoms with Crippen LogP contribution >= 0.6 is 0 Å². The zero-order valence-corrected chi connectivity index (χ0v) is 9.71. The Morgan fingerprint density at radius 2 is 1.94 bits per heavy atom. The number of esters is 1. The molecule has 92 valence electrons. The highest BCUT2D eigenvalue weighted by molar-refractivity contribution is 5.94. The van der Waals surface area contributed by atoms with Crippen molar-refractivity contribution in [1.82, 2.24) is 15.3 Å². The van der Waals surface area contributed by atoms with Crippen LogP contribution in [0.2, 0.25) is 0 Å². The fourth-order valence-electron chi connectivity index (χ4n) is 1.38. The summed E-state index contributed by atoms with van der Waals surface area (Å²) in [6.07, 6.45) is 3.12. The Labute approximate surface area is 103 Å². The molecule has 18 heavy (non-hydrogen) atoms. The molecule has 2 aromatic rings. The second-order valence-corrected chi connectivity index (χ2v) is 3.51. The van der Waals surface area contributed by atoms with E-state index >= 15 is 0 Å².